The van der Waals surface area contributed by atoms with E-state index in [1.807, 2.05) is 10.6 Å². The predicted octanol–water partition coefficient (Wildman–Crippen LogP) is -2.39. The quantitative estimate of drug-likeness (QED) is 0.240. The number of aliphatic hydroxyl groups is 4. The van der Waals surface area contributed by atoms with Crippen molar-refractivity contribution in [3.05, 3.63) is 35.4 Å². The van der Waals surface area contributed by atoms with Crippen LogP contribution in [0.15, 0.2) is 29.8 Å². The van der Waals surface area contributed by atoms with Crippen LogP contribution in [0, 0.1) is 0 Å². The van der Waals surface area contributed by atoms with Crippen LogP contribution < -0.4 is 15.4 Å². The molecule has 11 nitrogen and oxygen atoms in total. The van der Waals surface area contributed by atoms with Crippen LogP contribution in [0.1, 0.15) is 5.56 Å². The van der Waals surface area contributed by atoms with Gasteiger partial charge in [-0.3, -0.25) is 20.2 Å². The van der Waals surface area contributed by atoms with Crippen LogP contribution in [0.3, 0.4) is 0 Å². The number of amides is 4. The number of hydrogen-bond donors (Lipinski definition) is 6. The number of carbonyl (C=O) groups is 3. The molecule has 2 saturated heterocycles. The highest BCUT2D eigenvalue weighted by molar-refractivity contribution is 6.31. The summed E-state index contributed by atoms with van der Waals surface area (Å²) >= 11 is 0. The van der Waals surface area contributed by atoms with Crippen molar-refractivity contribution < 1.29 is 44.3 Å². The van der Waals surface area contributed by atoms with E-state index in [-0.39, 0.29) is 11.3 Å². The number of urea groups is 1. The van der Waals surface area contributed by atoms with Gasteiger partial charge in [-0.2, -0.15) is 0 Å². The summed E-state index contributed by atoms with van der Waals surface area (Å²) in [6.45, 7) is -0.579. The molecule has 4 amide bonds. The molecular formula is C17H18N2O9. The Morgan fingerprint density at radius 1 is 0.964 bits per heavy atom. The minimum atomic E-state index is -1.56. The highest BCUT2D eigenvalue weighted by atomic mass is 16.7. The third-order valence-corrected chi connectivity index (χ3v) is 4.24. The zero-order valence-electron chi connectivity index (χ0n) is 14.3. The number of ether oxygens (including phenoxy) is 2. The van der Waals surface area contributed by atoms with Gasteiger partial charge in [0.2, 0.25) is 6.29 Å². The fourth-order valence-corrected chi connectivity index (χ4v) is 2.71. The first-order valence-corrected chi connectivity index (χ1v) is 8.25. The van der Waals surface area contributed by atoms with Gasteiger partial charge < -0.3 is 29.9 Å². The number of benzene rings is 1. The number of rotatable bonds is 4. The van der Waals surface area contributed by atoms with E-state index in [0.29, 0.717) is 5.56 Å². The van der Waals surface area contributed by atoms with Gasteiger partial charge >= 0.3 is 6.03 Å². The van der Waals surface area contributed by atoms with Crippen molar-refractivity contribution in [1.82, 2.24) is 10.6 Å². The third kappa shape index (κ3) is 4.03. The van der Waals surface area contributed by atoms with E-state index >= 15 is 0 Å². The molecule has 5 atom stereocenters. The molecule has 0 radical (unpaired) electrons. The summed E-state index contributed by atoms with van der Waals surface area (Å²) in [4.78, 5) is 34.5. The number of carbonyl (C=O) groups excluding carboxylic acids is 3. The maximum Gasteiger partial charge on any atom is 0.328 e. The van der Waals surface area contributed by atoms with E-state index in [4.69, 9.17) is 9.47 Å². The fourth-order valence-electron chi connectivity index (χ4n) is 2.71. The number of barbiturate groups is 1. The summed E-state index contributed by atoms with van der Waals surface area (Å²) in [5.41, 5.74) is 0.206. The van der Waals surface area contributed by atoms with Crippen LogP contribution in [-0.2, 0) is 14.3 Å². The lowest BCUT2D eigenvalue weighted by atomic mass is 9.99. The topological polar surface area (TPSA) is 175 Å². The lowest BCUT2D eigenvalue weighted by Gasteiger charge is -2.39. The zero-order valence-corrected chi connectivity index (χ0v) is 14.3. The Balaban J connectivity index is 1.71. The van der Waals surface area contributed by atoms with E-state index in [0.717, 1.165) is 0 Å². The number of aliphatic hydroxyl groups excluding tert-OH is 4. The molecule has 2 aliphatic heterocycles. The molecule has 0 aliphatic carbocycles. The summed E-state index contributed by atoms with van der Waals surface area (Å²) in [7, 11) is 0. The van der Waals surface area contributed by atoms with Crippen LogP contribution in [0.2, 0.25) is 0 Å². The molecule has 2 aliphatic rings. The van der Waals surface area contributed by atoms with Gasteiger partial charge in [0.25, 0.3) is 11.8 Å². The Kier molecular flexibility index (Phi) is 5.72. The highest BCUT2D eigenvalue weighted by Gasteiger charge is 2.44. The zero-order chi connectivity index (χ0) is 20.4. The molecule has 1 aromatic carbocycles. The summed E-state index contributed by atoms with van der Waals surface area (Å²) < 4.78 is 10.7. The van der Waals surface area contributed by atoms with Gasteiger partial charge in [-0.05, 0) is 23.8 Å². The molecule has 0 aromatic heterocycles. The van der Waals surface area contributed by atoms with Gasteiger partial charge in [0, 0.05) is 0 Å². The molecule has 6 N–H and O–H groups in total. The number of imide groups is 2. The Labute approximate surface area is 158 Å². The van der Waals surface area contributed by atoms with Gasteiger partial charge in [-0.25, -0.2) is 4.79 Å². The molecule has 3 rings (SSSR count). The lowest BCUT2D eigenvalue weighted by molar-refractivity contribution is -0.277. The maximum absolute atomic E-state index is 11.7. The van der Waals surface area contributed by atoms with Gasteiger partial charge in [-0.1, -0.05) is 12.1 Å². The summed E-state index contributed by atoms with van der Waals surface area (Å²) in [5, 5.41) is 42.6. The average molecular weight is 394 g/mol. The van der Waals surface area contributed by atoms with Crippen molar-refractivity contribution >= 4 is 23.9 Å². The molecule has 150 valence electrons. The molecule has 2 heterocycles. The molecular weight excluding hydrogens is 376 g/mol. The monoisotopic (exact) mass is 394 g/mol. The van der Waals surface area contributed by atoms with Crippen LogP contribution in [0.4, 0.5) is 4.79 Å². The smallest absolute Gasteiger partial charge is 0.328 e. The average Bonchev–Trinajstić information content (AvgIpc) is 2.66. The first-order chi connectivity index (χ1) is 13.3. The predicted molar refractivity (Wildman–Crippen MR) is 90.5 cm³/mol. The molecule has 0 spiro atoms. The van der Waals surface area contributed by atoms with Crippen LogP contribution >= 0.6 is 0 Å². The molecule has 0 unspecified atom stereocenters. The van der Waals surface area contributed by atoms with E-state index in [1.54, 1.807) is 0 Å². The second kappa shape index (κ2) is 8.04. The normalized spacial score (nSPS) is 30.5. The van der Waals surface area contributed by atoms with Crippen molar-refractivity contribution in [2.45, 2.75) is 30.7 Å². The first-order valence-electron chi connectivity index (χ1n) is 8.25. The van der Waals surface area contributed by atoms with Crippen molar-refractivity contribution in [3.8, 4) is 5.75 Å². The SMILES string of the molecule is O=C1NC(=O)C(=Cc2ccc(O[C@@H]3O[C@H](CO)[C@@H](O)[C@@H](O)[C@H]3O)cc2)C(=O)N1. The van der Waals surface area contributed by atoms with Crippen LogP contribution in [-0.4, -0.2) is 75.6 Å². The first kappa shape index (κ1) is 19.9. The van der Waals surface area contributed by atoms with E-state index < -0.39 is 55.2 Å². The standard InChI is InChI=1S/C17H18N2O9/c20-6-10-11(21)12(22)13(23)16(28-10)27-8-3-1-7(2-4-8)5-9-14(24)18-17(26)19-15(9)25/h1-5,10-13,16,20-23H,6H2,(H2,18,19,24,25,26)/t10-,11-,12-,13-,16-/m1/s1. The van der Waals surface area contributed by atoms with Crippen LogP contribution in [0.5, 0.6) is 5.75 Å². The van der Waals surface area contributed by atoms with E-state index in [1.165, 1.54) is 30.3 Å². The van der Waals surface area contributed by atoms with Crippen molar-refractivity contribution in [3.63, 3.8) is 0 Å². The molecule has 11 heteroatoms. The second-order valence-electron chi connectivity index (χ2n) is 6.18. The summed E-state index contributed by atoms with van der Waals surface area (Å²) in [6.07, 6.45) is -5.76. The van der Waals surface area contributed by atoms with Crippen molar-refractivity contribution in [1.29, 1.82) is 0 Å². The molecule has 1 aromatic rings. The summed E-state index contributed by atoms with van der Waals surface area (Å²) in [5.74, 6) is -1.43. The number of hydrogen-bond acceptors (Lipinski definition) is 9. The third-order valence-electron chi connectivity index (χ3n) is 4.24. The molecule has 0 bridgehead atoms. The van der Waals surface area contributed by atoms with Crippen LogP contribution in [0.25, 0.3) is 6.08 Å². The summed E-state index contributed by atoms with van der Waals surface area (Å²) in [6, 6.07) is 5.03. The second-order valence-corrected chi connectivity index (χ2v) is 6.18. The molecule has 0 saturated carbocycles. The number of nitrogens with one attached hydrogen (secondary N) is 2. The van der Waals surface area contributed by atoms with E-state index in [9.17, 15) is 34.8 Å². The van der Waals surface area contributed by atoms with Gasteiger partial charge in [-0.15, -0.1) is 0 Å². The van der Waals surface area contributed by atoms with Crippen molar-refractivity contribution in [2.75, 3.05) is 6.61 Å². The van der Waals surface area contributed by atoms with Gasteiger partial charge in [0.05, 0.1) is 6.61 Å². The fraction of sp³-hybridized carbons (Fsp3) is 0.353. The Hall–Kier alpha value is -2.83. The van der Waals surface area contributed by atoms with Gasteiger partial charge in [0.1, 0.15) is 35.7 Å². The minimum absolute atomic E-state index is 0.221. The molecule has 28 heavy (non-hydrogen) atoms. The Morgan fingerprint density at radius 3 is 2.14 bits per heavy atom. The highest BCUT2D eigenvalue weighted by Crippen LogP contribution is 2.25. The largest absolute Gasteiger partial charge is 0.462 e. The Bertz CT molecular complexity index is 783. The lowest BCUT2D eigenvalue weighted by Crippen LogP contribution is -2.60. The van der Waals surface area contributed by atoms with Gasteiger partial charge in [0.15, 0.2) is 0 Å². The molecule has 2 fully saturated rings. The van der Waals surface area contributed by atoms with E-state index in [2.05, 4.69) is 0 Å². The van der Waals surface area contributed by atoms with Crippen molar-refractivity contribution in [2.24, 2.45) is 0 Å². The Morgan fingerprint density at radius 2 is 1.57 bits per heavy atom. The minimum Gasteiger partial charge on any atom is -0.462 e. The maximum atomic E-state index is 11.7.